The molecule has 2 aromatic heterocycles. The molecule has 0 saturated carbocycles. The maximum atomic E-state index is 12.6. The SMILES string of the molecule is COCCOc1nc(N)c2nc(O)n(Cc3ccc(C(=O)NCCC4CCCCN4C)cc3)c2n1. The number of methoxy groups -OCH3 is 1. The van der Waals surface area contributed by atoms with Gasteiger partial charge in [-0.3, -0.25) is 9.36 Å². The molecule has 1 fully saturated rings. The number of hydrogen-bond donors (Lipinski definition) is 3. The Hall–Kier alpha value is -3.44. The second-order valence-corrected chi connectivity index (χ2v) is 8.77. The van der Waals surface area contributed by atoms with Gasteiger partial charge >= 0.3 is 6.01 Å². The van der Waals surface area contributed by atoms with Crippen molar-refractivity contribution in [3.8, 4) is 12.0 Å². The van der Waals surface area contributed by atoms with E-state index in [-0.39, 0.29) is 36.9 Å². The predicted octanol–water partition coefficient (Wildman–Crippen LogP) is 1.79. The topological polar surface area (TPSA) is 141 Å². The number of carbonyl (C=O) groups is 1. The van der Waals surface area contributed by atoms with Crippen molar-refractivity contribution in [3.63, 3.8) is 0 Å². The van der Waals surface area contributed by atoms with Crippen LogP contribution < -0.4 is 15.8 Å². The molecule has 0 radical (unpaired) electrons. The van der Waals surface area contributed by atoms with Crippen LogP contribution >= 0.6 is 0 Å². The number of ether oxygens (including phenoxy) is 2. The van der Waals surface area contributed by atoms with E-state index in [1.165, 1.54) is 23.8 Å². The van der Waals surface area contributed by atoms with E-state index in [1.807, 2.05) is 12.1 Å². The van der Waals surface area contributed by atoms with E-state index in [2.05, 4.69) is 32.2 Å². The number of nitrogens with zero attached hydrogens (tertiary/aromatic N) is 5. The van der Waals surface area contributed by atoms with Gasteiger partial charge < -0.3 is 30.5 Å². The largest absolute Gasteiger partial charge is 0.480 e. The molecule has 3 aromatic rings. The van der Waals surface area contributed by atoms with E-state index in [0.717, 1.165) is 18.5 Å². The minimum absolute atomic E-state index is 0.0830. The Kier molecular flexibility index (Phi) is 7.98. The van der Waals surface area contributed by atoms with Gasteiger partial charge in [0.25, 0.3) is 11.9 Å². The molecule has 4 N–H and O–H groups in total. The highest BCUT2D eigenvalue weighted by Gasteiger charge is 2.19. The lowest BCUT2D eigenvalue weighted by Crippen LogP contribution is -2.39. The number of nitrogen functional groups attached to an aromatic ring is 1. The summed E-state index contributed by atoms with van der Waals surface area (Å²) < 4.78 is 12.0. The average molecular weight is 484 g/mol. The van der Waals surface area contributed by atoms with E-state index in [9.17, 15) is 9.90 Å². The Bertz CT molecular complexity index is 1150. The summed E-state index contributed by atoms with van der Waals surface area (Å²) in [6.07, 6.45) is 4.65. The van der Waals surface area contributed by atoms with Crippen LogP contribution in [-0.4, -0.2) is 81.9 Å². The van der Waals surface area contributed by atoms with Crippen LogP contribution in [0.1, 0.15) is 41.6 Å². The summed E-state index contributed by atoms with van der Waals surface area (Å²) in [7, 11) is 3.72. The third-order valence-electron chi connectivity index (χ3n) is 6.34. The van der Waals surface area contributed by atoms with E-state index < -0.39 is 0 Å². The summed E-state index contributed by atoms with van der Waals surface area (Å²) in [6.45, 7) is 2.71. The molecule has 1 amide bonds. The van der Waals surface area contributed by atoms with Gasteiger partial charge in [0.15, 0.2) is 17.0 Å². The highest BCUT2D eigenvalue weighted by Crippen LogP contribution is 2.26. The highest BCUT2D eigenvalue weighted by atomic mass is 16.5. The molecular weight excluding hydrogens is 450 g/mol. The van der Waals surface area contributed by atoms with Gasteiger partial charge in [0.2, 0.25) is 0 Å². The van der Waals surface area contributed by atoms with Crippen molar-refractivity contribution in [3.05, 3.63) is 35.4 Å². The smallest absolute Gasteiger partial charge is 0.320 e. The zero-order valence-electron chi connectivity index (χ0n) is 20.2. The van der Waals surface area contributed by atoms with Crippen molar-refractivity contribution in [1.29, 1.82) is 0 Å². The van der Waals surface area contributed by atoms with E-state index in [1.54, 1.807) is 19.2 Å². The first-order chi connectivity index (χ1) is 17.0. The standard InChI is InChI=1S/C24H33N7O4/c1-30-12-4-3-5-18(30)10-11-26-22(32)17-8-6-16(7-9-17)15-31-21-19(27-24(31)33)20(25)28-23(29-21)35-14-13-34-2/h6-9,18H,3-5,10-15H2,1-2H3,(H,26,32)(H,27,33)(H2,25,28,29). The summed E-state index contributed by atoms with van der Waals surface area (Å²) in [4.78, 5) is 27.5. The van der Waals surface area contributed by atoms with Gasteiger partial charge in [-0.1, -0.05) is 18.6 Å². The molecule has 1 aliphatic heterocycles. The summed E-state index contributed by atoms with van der Waals surface area (Å²) in [5, 5.41) is 13.4. The Morgan fingerprint density at radius 2 is 2.00 bits per heavy atom. The number of imidazole rings is 1. The van der Waals surface area contributed by atoms with Crippen LogP contribution in [0.25, 0.3) is 11.2 Å². The molecule has 188 valence electrons. The van der Waals surface area contributed by atoms with Gasteiger partial charge in [0.1, 0.15) is 6.61 Å². The average Bonchev–Trinajstić information content (AvgIpc) is 3.16. The van der Waals surface area contributed by atoms with Crippen molar-refractivity contribution < 1.29 is 19.4 Å². The fourth-order valence-electron chi connectivity index (χ4n) is 4.32. The molecule has 1 aromatic carbocycles. The van der Waals surface area contributed by atoms with Crippen LogP contribution in [0, 0.1) is 0 Å². The molecule has 1 saturated heterocycles. The van der Waals surface area contributed by atoms with Gasteiger partial charge in [-0.25, -0.2) is 0 Å². The number of carbonyl (C=O) groups excluding carboxylic acids is 1. The third kappa shape index (κ3) is 5.98. The summed E-state index contributed by atoms with van der Waals surface area (Å²) >= 11 is 0. The summed E-state index contributed by atoms with van der Waals surface area (Å²) in [6, 6.07) is 7.62. The molecule has 35 heavy (non-hydrogen) atoms. The zero-order valence-corrected chi connectivity index (χ0v) is 20.2. The Labute approximate surface area is 204 Å². The quantitative estimate of drug-likeness (QED) is 0.368. The van der Waals surface area contributed by atoms with Crippen LogP contribution in [0.5, 0.6) is 12.0 Å². The van der Waals surface area contributed by atoms with Gasteiger partial charge in [0.05, 0.1) is 13.2 Å². The number of nitrogens with one attached hydrogen (secondary N) is 1. The molecule has 11 nitrogen and oxygen atoms in total. The zero-order chi connectivity index (χ0) is 24.8. The summed E-state index contributed by atoms with van der Waals surface area (Å²) in [5.74, 6) is 0.0206. The van der Waals surface area contributed by atoms with Crippen LogP contribution in [0.4, 0.5) is 5.82 Å². The molecule has 1 aliphatic rings. The van der Waals surface area contributed by atoms with Crippen molar-refractivity contribution >= 4 is 22.9 Å². The number of aromatic hydroxyl groups is 1. The molecule has 0 bridgehead atoms. The number of rotatable bonds is 10. The van der Waals surface area contributed by atoms with Crippen molar-refractivity contribution in [2.75, 3.05) is 46.2 Å². The first kappa shape index (κ1) is 24.7. The molecule has 11 heteroatoms. The van der Waals surface area contributed by atoms with Gasteiger partial charge in [-0.05, 0) is 50.6 Å². The van der Waals surface area contributed by atoms with Crippen molar-refractivity contribution in [1.82, 2.24) is 29.7 Å². The number of anilines is 1. The lowest BCUT2D eigenvalue weighted by molar-refractivity contribution is 0.0945. The molecule has 3 heterocycles. The van der Waals surface area contributed by atoms with E-state index in [0.29, 0.717) is 35.9 Å². The van der Waals surface area contributed by atoms with Crippen molar-refractivity contribution in [2.45, 2.75) is 38.3 Å². The second-order valence-electron chi connectivity index (χ2n) is 8.77. The van der Waals surface area contributed by atoms with Gasteiger partial charge in [-0.2, -0.15) is 15.0 Å². The number of piperidine rings is 1. The second kappa shape index (κ2) is 11.3. The number of nitrogens with two attached hydrogens (primary N) is 1. The number of likely N-dealkylation sites (tertiary alicyclic amines) is 1. The minimum atomic E-state index is -0.232. The lowest BCUT2D eigenvalue weighted by atomic mass is 10.00. The van der Waals surface area contributed by atoms with Gasteiger partial charge in [0, 0.05) is 25.3 Å². The summed E-state index contributed by atoms with van der Waals surface area (Å²) in [5.41, 5.74) is 8.09. The molecular formula is C24H33N7O4. The maximum absolute atomic E-state index is 12.6. The Morgan fingerprint density at radius 3 is 2.74 bits per heavy atom. The number of fused-ring (bicyclic) bond motifs is 1. The first-order valence-electron chi connectivity index (χ1n) is 11.9. The molecule has 0 aliphatic carbocycles. The number of amides is 1. The Balaban J connectivity index is 1.40. The lowest BCUT2D eigenvalue weighted by Gasteiger charge is -2.32. The first-order valence-corrected chi connectivity index (χ1v) is 11.9. The number of hydrogen-bond acceptors (Lipinski definition) is 9. The van der Waals surface area contributed by atoms with Crippen LogP contribution in [-0.2, 0) is 11.3 Å². The number of aromatic nitrogens is 4. The Morgan fingerprint density at radius 1 is 1.20 bits per heavy atom. The van der Waals surface area contributed by atoms with E-state index >= 15 is 0 Å². The predicted molar refractivity (Wildman–Crippen MR) is 132 cm³/mol. The molecule has 0 spiro atoms. The van der Waals surface area contributed by atoms with Crippen molar-refractivity contribution in [2.24, 2.45) is 0 Å². The monoisotopic (exact) mass is 483 g/mol. The fraction of sp³-hybridized carbons (Fsp3) is 0.500. The van der Waals surface area contributed by atoms with Crippen LogP contribution in [0.3, 0.4) is 0 Å². The minimum Gasteiger partial charge on any atom is -0.480 e. The van der Waals surface area contributed by atoms with E-state index in [4.69, 9.17) is 15.2 Å². The molecule has 1 unspecified atom stereocenters. The third-order valence-corrected chi connectivity index (χ3v) is 6.34. The fourth-order valence-corrected chi connectivity index (χ4v) is 4.32. The van der Waals surface area contributed by atoms with Gasteiger partial charge in [-0.15, -0.1) is 0 Å². The van der Waals surface area contributed by atoms with Crippen LogP contribution in [0.15, 0.2) is 24.3 Å². The van der Waals surface area contributed by atoms with Crippen LogP contribution in [0.2, 0.25) is 0 Å². The highest BCUT2D eigenvalue weighted by molar-refractivity contribution is 5.94. The number of benzene rings is 1. The maximum Gasteiger partial charge on any atom is 0.320 e. The molecule has 1 atom stereocenters. The normalized spacial score (nSPS) is 16.5. The molecule has 4 rings (SSSR count).